The van der Waals surface area contributed by atoms with Crippen LogP contribution in [0.2, 0.25) is 13.1 Å². The Bertz CT molecular complexity index is 193. The Morgan fingerprint density at radius 1 is 1.08 bits per heavy atom. The Kier molecular flexibility index (Phi) is 4.59. The predicted molar refractivity (Wildman–Crippen MR) is 57.2 cm³/mol. The maximum Gasteiger partial charge on any atom is 0.117 e. The van der Waals surface area contributed by atoms with Crippen molar-refractivity contribution < 1.29 is 0 Å². The average Bonchev–Trinajstić information content (AvgIpc) is 2.14. The lowest BCUT2D eigenvalue weighted by Gasteiger charge is -1.99. The molecule has 0 heterocycles. The first kappa shape index (κ1) is 9.37. The largest absolute Gasteiger partial charge is 0.117 e. The number of benzene rings is 1. The van der Waals surface area contributed by atoms with Crippen LogP contribution in [0.4, 0.5) is 0 Å². The summed E-state index contributed by atoms with van der Waals surface area (Å²) >= 11 is 0. The highest BCUT2D eigenvalue weighted by atomic mass is 13.9. The highest BCUT2D eigenvalue weighted by Gasteiger charge is 1.91. The standard InChI is InChI=1S/C11H17B/c1-12-10-6-5-9-11-7-3-2-4-8-11/h2-4,7-8,12H,5-6,9-10H2,1H3. The van der Waals surface area contributed by atoms with E-state index in [1.807, 2.05) is 0 Å². The molecule has 1 rings (SSSR count). The number of hydrogen-bond acceptors (Lipinski definition) is 0. The van der Waals surface area contributed by atoms with Crippen LogP contribution < -0.4 is 0 Å². The normalized spacial score (nSPS) is 9.75. The van der Waals surface area contributed by atoms with E-state index in [1.54, 1.807) is 0 Å². The molecular formula is C11H17B. The Hall–Kier alpha value is -0.715. The summed E-state index contributed by atoms with van der Waals surface area (Å²) in [4.78, 5) is 0. The lowest BCUT2D eigenvalue weighted by molar-refractivity contribution is 0.792. The molecule has 0 aromatic heterocycles. The van der Waals surface area contributed by atoms with Crippen molar-refractivity contribution in [2.24, 2.45) is 0 Å². The number of aryl methyl sites for hydroxylation is 1. The van der Waals surface area contributed by atoms with Crippen molar-refractivity contribution in [3.05, 3.63) is 35.9 Å². The Morgan fingerprint density at radius 3 is 2.50 bits per heavy atom. The van der Waals surface area contributed by atoms with Crippen LogP contribution in [0.5, 0.6) is 0 Å². The molecular weight excluding hydrogens is 143 g/mol. The second kappa shape index (κ2) is 5.88. The molecule has 0 aliphatic carbocycles. The lowest BCUT2D eigenvalue weighted by atomic mass is 9.76. The molecule has 0 unspecified atom stereocenters. The fourth-order valence-electron chi connectivity index (χ4n) is 1.40. The van der Waals surface area contributed by atoms with Gasteiger partial charge in [-0.15, -0.1) is 0 Å². The van der Waals surface area contributed by atoms with Gasteiger partial charge in [-0.2, -0.15) is 0 Å². The van der Waals surface area contributed by atoms with Crippen LogP contribution in [0, 0.1) is 0 Å². The van der Waals surface area contributed by atoms with Crippen LogP contribution >= 0.6 is 0 Å². The van der Waals surface area contributed by atoms with Crippen molar-refractivity contribution in [3.63, 3.8) is 0 Å². The molecule has 0 aliphatic rings. The molecule has 1 aromatic carbocycles. The van der Waals surface area contributed by atoms with Gasteiger partial charge in [0.2, 0.25) is 0 Å². The van der Waals surface area contributed by atoms with Gasteiger partial charge in [-0.3, -0.25) is 0 Å². The highest BCUT2D eigenvalue weighted by Crippen LogP contribution is 2.05. The molecule has 0 aliphatic heterocycles. The van der Waals surface area contributed by atoms with Crippen molar-refractivity contribution in [1.82, 2.24) is 0 Å². The van der Waals surface area contributed by atoms with E-state index in [1.165, 1.54) is 38.4 Å². The Labute approximate surface area is 76.2 Å². The molecule has 0 bridgehead atoms. The second-order valence-electron chi connectivity index (χ2n) is 3.30. The third-order valence-electron chi connectivity index (χ3n) is 2.16. The molecule has 0 atom stereocenters. The summed E-state index contributed by atoms with van der Waals surface area (Å²) in [5.74, 6) is 0. The van der Waals surface area contributed by atoms with E-state index in [-0.39, 0.29) is 0 Å². The lowest BCUT2D eigenvalue weighted by Crippen LogP contribution is -1.86. The van der Waals surface area contributed by atoms with Gasteiger partial charge in [-0.05, 0) is 18.4 Å². The summed E-state index contributed by atoms with van der Waals surface area (Å²) in [6, 6.07) is 10.7. The summed E-state index contributed by atoms with van der Waals surface area (Å²) in [6.45, 7) is 2.25. The Balaban J connectivity index is 2.16. The Morgan fingerprint density at radius 2 is 1.83 bits per heavy atom. The van der Waals surface area contributed by atoms with Gasteiger partial charge in [-0.1, -0.05) is 49.9 Å². The van der Waals surface area contributed by atoms with Crippen molar-refractivity contribution >= 4 is 7.28 Å². The van der Waals surface area contributed by atoms with E-state index in [2.05, 4.69) is 37.2 Å². The summed E-state index contributed by atoms with van der Waals surface area (Å²) < 4.78 is 0. The SMILES string of the molecule is CBCCCCc1ccccc1. The smallest absolute Gasteiger partial charge is 0.0893 e. The van der Waals surface area contributed by atoms with Crippen LogP contribution in [0.1, 0.15) is 18.4 Å². The molecule has 0 radical (unpaired) electrons. The maximum atomic E-state index is 2.25. The van der Waals surface area contributed by atoms with Gasteiger partial charge in [0.25, 0.3) is 0 Å². The fraction of sp³-hybridized carbons (Fsp3) is 0.455. The monoisotopic (exact) mass is 160 g/mol. The molecule has 0 saturated carbocycles. The van der Waals surface area contributed by atoms with Crippen LogP contribution in [0.3, 0.4) is 0 Å². The van der Waals surface area contributed by atoms with Crippen LogP contribution in [-0.2, 0) is 6.42 Å². The zero-order chi connectivity index (χ0) is 8.65. The van der Waals surface area contributed by atoms with E-state index in [0.717, 1.165) is 0 Å². The van der Waals surface area contributed by atoms with Gasteiger partial charge >= 0.3 is 0 Å². The van der Waals surface area contributed by atoms with Crippen LogP contribution in [-0.4, -0.2) is 7.28 Å². The van der Waals surface area contributed by atoms with Gasteiger partial charge in [0, 0.05) is 0 Å². The highest BCUT2D eigenvalue weighted by molar-refractivity contribution is 6.33. The first-order chi connectivity index (χ1) is 5.93. The molecule has 0 spiro atoms. The summed E-state index contributed by atoms with van der Waals surface area (Å²) in [6.07, 6.45) is 5.36. The quantitative estimate of drug-likeness (QED) is 0.458. The minimum absolute atomic E-state index is 1.25. The van der Waals surface area contributed by atoms with E-state index in [0.29, 0.717) is 0 Å². The number of unbranched alkanes of at least 4 members (excludes halogenated alkanes) is 1. The second-order valence-corrected chi connectivity index (χ2v) is 3.30. The first-order valence-electron chi connectivity index (χ1n) is 4.97. The molecule has 0 fully saturated rings. The van der Waals surface area contributed by atoms with Gasteiger partial charge in [0.05, 0.1) is 0 Å². The molecule has 12 heavy (non-hydrogen) atoms. The zero-order valence-electron chi connectivity index (χ0n) is 7.92. The first-order valence-corrected chi connectivity index (χ1v) is 4.97. The van der Waals surface area contributed by atoms with Crippen LogP contribution in [0.25, 0.3) is 0 Å². The van der Waals surface area contributed by atoms with E-state index in [9.17, 15) is 0 Å². The molecule has 0 saturated heterocycles. The molecule has 1 aromatic rings. The van der Waals surface area contributed by atoms with Gasteiger partial charge < -0.3 is 0 Å². The van der Waals surface area contributed by atoms with Gasteiger partial charge in [0.15, 0.2) is 0 Å². The molecule has 0 N–H and O–H groups in total. The summed E-state index contributed by atoms with van der Waals surface area (Å²) in [5, 5.41) is 0. The maximum absolute atomic E-state index is 2.25. The van der Waals surface area contributed by atoms with Crippen molar-refractivity contribution in [2.75, 3.05) is 0 Å². The third kappa shape index (κ3) is 3.61. The summed E-state index contributed by atoms with van der Waals surface area (Å²) in [5.41, 5.74) is 1.48. The van der Waals surface area contributed by atoms with E-state index < -0.39 is 0 Å². The van der Waals surface area contributed by atoms with Crippen molar-refractivity contribution in [2.45, 2.75) is 32.4 Å². The molecule has 0 amide bonds. The van der Waals surface area contributed by atoms with Crippen molar-refractivity contribution in [3.8, 4) is 0 Å². The van der Waals surface area contributed by atoms with Crippen LogP contribution in [0.15, 0.2) is 30.3 Å². The molecule has 1 heteroatoms. The van der Waals surface area contributed by atoms with E-state index in [4.69, 9.17) is 0 Å². The van der Waals surface area contributed by atoms with Gasteiger partial charge in [0.1, 0.15) is 7.28 Å². The molecule has 0 nitrogen and oxygen atoms in total. The topological polar surface area (TPSA) is 0 Å². The summed E-state index contributed by atoms with van der Waals surface area (Å²) in [7, 11) is 1.33. The minimum atomic E-state index is 1.25. The minimum Gasteiger partial charge on any atom is -0.0893 e. The number of hydrogen-bond donors (Lipinski definition) is 0. The average molecular weight is 160 g/mol. The molecule has 64 valence electrons. The zero-order valence-corrected chi connectivity index (χ0v) is 7.92. The third-order valence-corrected chi connectivity index (χ3v) is 2.16. The fourth-order valence-corrected chi connectivity index (χ4v) is 1.40. The van der Waals surface area contributed by atoms with Crippen molar-refractivity contribution in [1.29, 1.82) is 0 Å². The van der Waals surface area contributed by atoms with E-state index >= 15 is 0 Å². The predicted octanol–water partition coefficient (Wildman–Crippen LogP) is 2.91. The number of rotatable bonds is 5. The van der Waals surface area contributed by atoms with Gasteiger partial charge in [-0.25, -0.2) is 0 Å².